The maximum Gasteiger partial charge on any atom is 0.223 e. The van der Waals surface area contributed by atoms with Gasteiger partial charge >= 0.3 is 0 Å². The second-order valence-corrected chi connectivity index (χ2v) is 8.16. The first-order valence-electron chi connectivity index (χ1n) is 9.64. The molecule has 3 aliphatic rings. The average Bonchev–Trinajstić information content (AvgIpc) is 2.52. The molecule has 0 aliphatic heterocycles. The molecule has 23 heavy (non-hydrogen) atoms. The van der Waals surface area contributed by atoms with Crippen molar-refractivity contribution in [3.8, 4) is 0 Å². The van der Waals surface area contributed by atoms with Gasteiger partial charge in [-0.15, -0.1) is 0 Å². The Bertz CT molecular complexity index is 421. The first-order valence-corrected chi connectivity index (χ1v) is 9.64. The molecule has 0 heterocycles. The summed E-state index contributed by atoms with van der Waals surface area (Å²) < 4.78 is 5.65. The predicted octanol–water partition coefficient (Wildman–Crippen LogP) is 2.85. The third kappa shape index (κ3) is 2.82. The third-order valence-electron chi connectivity index (χ3n) is 7.49. The standard InChI is InChI=1S/C19H34N2O2/c1-4-19(5-2)15(11-16(19)23-3)21-18(22)14-9-12-7-6-8-13(10-14)17(12)20/h12-17H,4-11,20H2,1-3H3,(H,21,22). The van der Waals surface area contributed by atoms with Crippen LogP contribution >= 0.6 is 0 Å². The molecule has 4 heteroatoms. The summed E-state index contributed by atoms with van der Waals surface area (Å²) in [5, 5.41) is 3.39. The molecule has 0 aromatic carbocycles. The van der Waals surface area contributed by atoms with Crippen LogP contribution in [-0.4, -0.2) is 31.2 Å². The van der Waals surface area contributed by atoms with Gasteiger partial charge in [-0.3, -0.25) is 4.79 Å². The van der Waals surface area contributed by atoms with Crippen LogP contribution in [0.3, 0.4) is 0 Å². The van der Waals surface area contributed by atoms with Crippen LogP contribution in [-0.2, 0) is 9.53 Å². The number of rotatable bonds is 5. The van der Waals surface area contributed by atoms with Crippen molar-refractivity contribution in [2.75, 3.05) is 7.11 Å². The maximum absolute atomic E-state index is 12.9. The zero-order valence-corrected chi connectivity index (χ0v) is 15.0. The van der Waals surface area contributed by atoms with Crippen molar-refractivity contribution >= 4 is 5.91 Å². The van der Waals surface area contributed by atoms with Gasteiger partial charge in [0.2, 0.25) is 5.91 Å². The molecule has 0 aromatic heterocycles. The Morgan fingerprint density at radius 1 is 1.17 bits per heavy atom. The molecule has 4 nitrogen and oxygen atoms in total. The summed E-state index contributed by atoms with van der Waals surface area (Å²) in [5.74, 6) is 1.58. The highest BCUT2D eigenvalue weighted by Crippen LogP contribution is 2.49. The lowest BCUT2D eigenvalue weighted by molar-refractivity contribution is -0.146. The Morgan fingerprint density at radius 3 is 2.30 bits per heavy atom. The van der Waals surface area contributed by atoms with Crippen LogP contribution in [0.1, 0.15) is 65.2 Å². The van der Waals surface area contributed by atoms with E-state index in [9.17, 15) is 4.79 Å². The topological polar surface area (TPSA) is 64.4 Å². The quantitative estimate of drug-likeness (QED) is 0.818. The van der Waals surface area contributed by atoms with Gasteiger partial charge in [-0.25, -0.2) is 0 Å². The predicted molar refractivity (Wildman–Crippen MR) is 91.9 cm³/mol. The molecule has 0 spiro atoms. The first-order chi connectivity index (χ1) is 11.1. The van der Waals surface area contributed by atoms with Crippen LogP contribution in [0.4, 0.5) is 0 Å². The molecule has 0 saturated heterocycles. The largest absolute Gasteiger partial charge is 0.381 e. The normalized spacial score (nSPS) is 41.9. The summed E-state index contributed by atoms with van der Waals surface area (Å²) in [4.78, 5) is 12.9. The van der Waals surface area contributed by atoms with E-state index in [1.807, 2.05) is 0 Å². The van der Waals surface area contributed by atoms with E-state index in [0.29, 0.717) is 24.0 Å². The van der Waals surface area contributed by atoms with Crippen LogP contribution in [0.2, 0.25) is 0 Å². The molecule has 0 aromatic rings. The number of nitrogens with two attached hydrogens (primary N) is 1. The molecule has 3 rings (SSSR count). The number of amides is 1. The molecule has 2 bridgehead atoms. The summed E-state index contributed by atoms with van der Waals surface area (Å²) >= 11 is 0. The number of hydrogen-bond acceptors (Lipinski definition) is 3. The number of ether oxygens (including phenoxy) is 1. The van der Waals surface area contributed by atoms with Crippen LogP contribution in [0.15, 0.2) is 0 Å². The highest BCUT2D eigenvalue weighted by Gasteiger charge is 2.54. The molecule has 132 valence electrons. The average molecular weight is 322 g/mol. The SMILES string of the molecule is CCC1(CC)C(NC(=O)C2CC3CCCC(C2)C3N)CC1OC. The summed E-state index contributed by atoms with van der Waals surface area (Å²) in [5.41, 5.74) is 6.49. The minimum absolute atomic E-state index is 0.130. The van der Waals surface area contributed by atoms with Crippen molar-refractivity contribution in [1.29, 1.82) is 0 Å². The fourth-order valence-electron chi connectivity index (χ4n) is 5.77. The van der Waals surface area contributed by atoms with Crippen LogP contribution < -0.4 is 11.1 Å². The van der Waals surface area contributed by atoms with Crippen molar-refractivity contribution < 1.29 is 9.53 Å². The minimum Gasteiger partial charge on any atom is -0.381 e. The second-order valence-electron chi connectivity index (χ2n) is 8.16. The highest BCUT2D eigenvalue weighted by atomic mass is 16.5. The van der Waals surface area contributed by atoms with E-state index in [0.717, 1.165) is 32.1 Å². The van der Waals surface area contributed by atoms with Crippen LogP contribution in [0.25, 0.3) is 0 Å². The number of carbonyl (C=O) groups excluding carboxylic acids is 1. The zero-order chi connectivity index (χ0) is 16.6. The van der Waals surface area contributed by atoms with Crippen LogP contribution in [0.5, 0.6) is 0 Å². The molecule has 3 saturated carbocycles. The Balaban J connectivity index is 1.61. The molecule has 4 atom stereocenters. The lowest BCUT2D eigenvalue weighted by Crippen LogP contribution is -2.65. The van der Waals surface area contributed by atoms with E-state index in [1.165, 1.54) is 19.3 Å². The molecule has 3 aliphatic carbocycles. The Labute approximate surface area is 140 Å². The fraction of sp³-hybridized carbons (Fsp3) is 0.947. The molecule has 4 unspecified atom stereocenters. The van der Waals surface area contributed by atoms with Gasteiger partial charge in [0.1, 0.15) is 0 Å². The minimum atomic E-state index is 0.130. The van der Waals surface area contributed by atoms with Gasteiger partial charge in [-0.2, -0.15) is 0 Å². The highest BCUT2D eigenvalue weighted by molar-refractivity contribution is 5.79. The zero-order valence-electron chi connectivity index (χ0n) is 15.0. The third-order valence-corrected chi connectivity index (χ3v) is 7.49. The Hall–Kier alpha value is -0.610. The molecule has 1 amide bonds. The number of carbonyl (C=O) groups is 1. The van der Waals surface area contributed by atoms with Gasteiger partial charge in [0.25, 0.3) is 0 Å². The van der Waals surface area contributed by atoms with E-state index in [2.05, 4.69) is 19.2 Å². The monoisotopic (exact) mass is 322 g/mol. The fourth-order valence-corrected chi connectivity index (χ4v) is 5.77. The van der Waals surface area contributed by atoms with Crippen molar-refractivity contribution in [3.63, 3.8) is 0 Å². The molecular formula is C19H34N2O2. The molecule has 0 radical (unpaired) electrons. The number of fused-ring (bicyclic) bond motifs is 2. The second kappa shape index (κ2) is 6.72. The Kier molecular flexibility index (Phi) is 5.03. The van der Waals surface area contributed by atoms with Gasteiger partial charge in [-0.1, -0.05) is 20.3 Å². The summed E-state index contributed by atoms with van der Waals surface area (Å²) in [7, 11) is 1.80. The van der Waals surface area contributed by atoms with Gasteiger partial charge in [0, 0.05) is 30.5 Å². The first kappa shape index (κ1) is 17.2. The van der Waals surface area contributed by atoms with Crippen molar-refractivity contribution in [3.05, 3.63) is 0 Å². The smallest absolute Gasteiger partial charge is 0.223 e. The lowest BCUT2D eigenvalue weighted by Gasteiger charge is -2.55. The summed E-state index contributed by atoms with van der Waals surface area (Å²) in [6.45, 7) is 4.44. The van der Waals surface area contributed by atoms with Crippen molar-refractivity contribution in [2.45, 2.75) is 83.4 Å². The molecule has 3 N–H and O–H groups in total. The lowest BCUT2D eigenvalue weighted by atomic mass is 9.58. The van der Waals surface area contributed by atoms with Crippen molar-refractivity contribution in [2.24, 2.45) is 28.9 Å². The van der Waals surface area contributed by atoms with E-state index >= 15 is 0 Å². The summed E-state index contributed by atoms with van der Waals surface area (Å²) in [6, 6.07) is 0.616. The van der Waals surface area contributed by atoms with Crippen molar-refractivity contribution in [1.82, 2.24) is 5.32 Å². The van der Waals surface area contributed by atoms with E-state index in [4.69, 9.17) is 10.5 Å². The Morgan fingerprint density at radius 2 is 1.78 bits per heavy atom. The number of nitrogens with one attached hydrogen (secondary N) is 1. The van der Waals surface area contributed by atoms with E-state index in [1.54, 1.807) is 7.11 Å². The molecular weight excluding hydrogens is 288 g/mol. The maximum atomic E-state index is 12.9. The van der Waals surface area contributed by atoms with Crippen LogP contribution in [0, 0.1) is 23.2 Å². The van der Waals surface area contributed by atoms with Gasteiger partial charge < -0.3 is 15.8 Å². The number of hydrogen-bond donors (Lipinski definition) is 2. The summed E-state index contributed by atoms with van der Waals surface area (Å²) in [6.07, 6.45) is 9.09. The van der Waals surface area contributed by atoms with Gasteiger partial charge in [0.15, 0.2) is 0 Å². The molecule has 3 fully saturated rings. The van der Waals surface area contributed by atoms with E-state index < -0.39 is 0 Å². The van der Waals surface area contributed by atoms with Gasteiger partial charge in [-0.05, 0) is 56.8 Å². The number of methoxy groups -OCH3 is 1. The van der Waals surface area contributed by atoms with E-state index in [-0.39, 0.29) is 23.3 Å². The van der Waals surface area contributed by atoms with Gasteiger partial charge in [0.05, 0.1) is 6.10 Å².